The molecule has 0 saturated carbocycles. The highest BCUT2D eigenvalue weighted by atomic mass is 19.1. The number of H-pyrrole nitrogens is 1. The molecule has 0 fully saturated rings. The second-order valence-corrected chi connectivity index (χ2v) is 4.94. The van der Waals surface area contributed by atoms with E-state index in [-0.39, 0.29) is 11.4 Å². The molecule has 2 N–H and O–H groups in total. The molecule has 0 aliphatic carbocycles. The van der Waals surface area contributed by atoms with Crippen LogP contribution in [0.2, 0.25) is 0 Å². The number of pyridine rings is 1. The smallest absolute Gasteiger partial charge is 0.252 e. The zero-order valence-corrected chi connectivity index (χ0v) is 11.4. The van der Waals surface area contributed by atoms with Gasteiger partial charge in [0, 0.05) is 24.2 Å². The zero-order chi connectivity index (χ0) is 14.7. The van der Waals surface area contributed by atoms with E-state index in [0.29, 0.717) is 18.7 Å². The highest BCUT2D eigenvalue weighted by molar-refractivity contribution is 5.78. The van der Waals surface area contributed by atoms with Crippen LogP contribution in [0.25, 0.3) is 10.9 Å². The van der Waals surface area contributed by atoms with Crippen LogP contribution in [0.3, 0.4) is 0 Å². The fourth-order valence-electron chi connectivity index (χ4n) is 2.27. The lowest BCUT2D eigenvalue weighted by molar-refractivity contribution is 0.624. The molecule has 0 amide bonds. The lowest BCUT2D eigenvalue weighted by atomic mass is 10.1. The summed E-state index contributed by atoms with van der Waals surface area (Å²) in [6.07, 6.45) is 0. The quantitative estimate of drug-likeness (QED) is 0.772. The monoisotopic (exact) mass is 282 g/mol. The van der Waals surface area contributed by atoms with Gasteiger partial charge in [-0.3, -0.25) is 4.79 Å². The van der Waals surface area contributed by atoms with Crippen molar-refractivity contribution >= 4 is 10.9 Å². The van der Waals surface area contributed by atoms with Crippen molar-refractivity contribution in [2.24, 2.45) is 0 Å². The van der Waals surface area contributed by atoms with Crippen molar-refractivity contribution in [1.29, 1.82) is 0 Å². The van der Waals surface area contributed by atoms with Gasteiger partial charge in [0.2, 0.25) is 0 Å². The number of fused-ring (bicyclic) bond motifs is 1. The van der Waals surface area contributed by atoms with Crippen LogP contribution < -0.4 is 10.9 Å². The van der Waals surface area contributed by atoms with Gasteiger partial charge in [0.1, 0.15) is 5.82 Å². The number of hydrogen-bond acceptors (Lipinski definition) is 2. The van der Waals surface area contributed by atoms with Crippen molar-refractivity contribution < 1.29 is 4.39 Å². The number of benzene rings is 2. The summed E-state index contributed by atoms with van der Waals surface area (Å²) < 4.78 is 12.8. The molecular weight excluding hydrogens is 267 g/mol. The third-order valence-electron chi connectivity index (χ3n) is 3.39. The van der Waals surface area contributed by atoms with Gasteiger partial charge >= 0.3 is 0 Å². The maximum absolute atomic E-state index is 12.8. The fraction of sp³-hybridized carbons (Fsp3) is 0.118. The van der Waals surface area contributed by atoms with Crippen molar-refractivity contribution in [3.63, 3.8) is 0 Å². The van der Waals surface area contributed by atoms with Gasteiger partial charge in [0.25, 0.3) is 5.56 Å². The Bertz CT molecular complexity index is 809. The van der Waals surface area contributed by atoms with Crippen molar-refractivity contribution in [1.82, 2.24) is 10.3 Å². The molecular formula is C17H15FN2O. The van der Waals surface area contributed by atoms with Gasteiger partial charge in [0.05, 0.1) is 0 Å². The van der Waals surface area contributed by atoms with Crippen LogP contribution in [0, 0.1) is 5.82 Å². The molecule has 1 heterocycles. The number of hydrogen-bond donors (Lipinski definition) is 2. The summed E-state index contributed by atoms with van der Waals surface area (Å²) in [4.78, 5) is 14.8. The molecule has 106 valence electrons. The van der Waals surface area contributed by atoms with Gasteiger partial charge in [0.15, 0.2) is 0 Å². The Kier molecular flexibility index (Phi) is 3.79. The van der Waals surface area contributed by atoms with E-state index in [0.717, 1.165) is 16.5 Å². The maximum Gasteiger partial charge on any atom is 0.252 e. The van der Waals surface area contributed by atoms with Crippen LogP contribution in [-0.2, 0) is 13.1 Å². The molecule has 0 bridgehead atoms. The van der Waals surface area contributed by atoms with Gasteiger partial charge in [-0.2, -0.15) is 0 Å². The third kappa shape index (κ3) is 3.17. The minimum atomic E-state index is -0.246. The summed E-state index contributed by atoms with van der Waals surface area (Å²) in [6.45, 7) is 1.06. The molecule has 0 radical (unpaired) electrons. The minimum Gasteiger partial charge on any atom is -0.322 e. The van der Waals surface area contributed by atoms with Crippen LogP contribution in [0.15, 0.2) is 59.4 Å². The first-order valence-corrected chi connectivity index (χ1v) is 6.78. The Morgan fingerprint density at radius 3 is 2.57 bits per heavy atom. The normalized spacial score (nSPS) is 10.9. The van der Waals surface area contributed by atoms with Gasteiger partial charge in [-0.1, -0.05) is 30.3 Å². The van der Waals surface area contributed by atoms with Crippen LogP contribution in [0.1, 0.15) is 11.1 Å². The first kappa shape index (κ1) is 13.5. The summed E-state index contributed by atoms with van der Waals surface area (Å²) in [6, 6.07) is 15.9. The summed E-state index contributed by atoms with van der Waals surface area (Å²) in [5.74, 6) is -0.246. The highest BCUT2D eigenvalue weighted by Crippen LogP contribution is 2.10. The van der Waals surface area contributed by atoms with Crippen molar-refractivity contribution in [3.05, 3.63) is 81.9 Å². The number of nitrogens with one attached hydrogen (secondary N) is 2. The van der Waals surface area contributed by atoms with Gasteiger partial charge in [-0.15, -0.1) is 0 Å². The second-order valence-electron chi connectivity index (χ2n) is 4.94. The minimum absolute atomic E-state index is 0.0830. The Balaban J connectivity index is 1.71. The van der Waals surface area contributed by atoms with Crippen molar-refractivity contribution in [3.8, 4) is 0 Å². The molecule has 0 atom stereocenters. The summed E-state index contributed by atoms with van der Waals surface area (Å²) in [7, 11) is 0. The van der Waals surface area contributed by atoms with Crippen LogP contribution >= 0.6 is 0 Å². The molecule has 0 spiro atoms. The topological polar surface area (TPSA) is 44.9 Å². The predicted octanol–water partition coefficient (Wildman–Crippen LogP) is 2.96. The van der Waals surface area contributed by atoms with E-state index >= 15 is 0 Å². The number of para-hydroxylation sites is 1. The van der Waals surface area contributed by atoms with Crippen LogP contribution in [-0.4, -0.2) is 4.98 Å². The third-order valence-corrected chi connectivity index (χ3v) is 3.39. The van der Waals surface area contributed by atoms with Gasteiger partial charge in [-0.25, -0.2) is 4.39 Å². The fourth-order valence-corrected chi connectivity index (χ4v) is 2.27. The van der Waals surface area contributed by atoms with Gasteiger partial charge in [-0.05, 0) is 35.2 Å². The molecule has 21 heavy (non-hydrogen) atoms. The molecule has 0 aliphatic rings. The first-order valence-electron chi connectivity index (χ1n) is 6.78. The Morgan fingerprint density at radius 2 is 1.76 bits per heavy atom. The van der Waals surface area contributed by atoms with E-state index in [1.165, 1.54) is 12.1 Å². The average molecular weight is 282 g/mol. The van der Waals surface area contributed by atoms with E-state index in [4.69, 9.17) is 0 Å². The summed E-state index contributed by atoms with van der Waals surface area (Å²) in [5.41, 5.74) is 2.43. The Hall–Kier alpha value is -2.46. The zero-order valence-electron chi connectivity index (χ0n) is 11.4. The maximum atomic E-state index is 12.8. The largest absolute Gasteiger partial charge is 0.322 e. The van der Waals surface area contributed by atoms with E-state index < -0.39 is 0 Å². The molecule has 0 unspecified atom stereocenters. The van der Waals surface area contributed by atoms with E-state index in [9.17, 15) is 9.18 Å². The standard InChI is InChI=1S/C17H15FN2O/c18-15-7-5-12(6-8-15)10-19-11-14-9-13-3-1-2-4-16(13)20-17(14)21/h1-9,19H,10-11H2,(H,20,21). The molecule has 0 saturated heterocycles. The average Bonchev–Trinajstić information content (AvgIpc) is 2.50. The van der Waals surface area contributed by atoms with Crippen molar-refractivity contribution in [2.45, 2.75) is 13.1 Å². The number of halogens is 1. The lowest BCUT2D eigenvalue weighted by Gasteiger charge is -2.06. The molecule has 3 nitrogen and oxygen atoms in total. The van der Waals surface area contributed by atoms with Crippen molar-refractivity contribution in [2.75, 3.05) is 0 Å². The highest BCUT2D eigenvalue weighted by Gasteiger charge is 2.02. The lowest BCUT2D eigenvalue weighted by Crippen LogP contribution is -2.20. The van der Waals surface area contributed by atoms with E-state index in [1.54, 1.807) is 12.1 Å². The number of rotatable bonds is 4. The predicted molar refractivity (Wildman–Crippen MR) is 81.5 cm³/mol. The van der Waals surface area contributed by atoms with E-state index in [2.05, 4.69) is 10.3 Å². The molecule has 1 aromatic heterocycles. The molecule has 3 aromatic rings. The first-order chi connectivity index (χ1) is 10.2. The summed E-state index contributed by atoms with van der Waals surface area (Å²) in [5, 5.41) is 4.21. The number of aromatic amines is 1. The molecule has 2 aromatic carbocycles. The van der Waals surface area contributed by atoms with Crippen LogP contribution in [0.5, 0.6) is 0 Å². The SMILES string of the molecule is O=c1[nH]c2ccccc2cc1CNCc1ccc(F)cc1. The van der Waals surface area contributed by atoms with Gasteiger partial charge < -0.3 is 10.3 Å². The molecule has 3 rings (SSSR count). The van der Waals surface area contributed by atoms with Crippen LogP contribution in [0.4, 0.5) is 4.39 Å². The Labute approximate surface area is 121 Å². The van der Waals surface area contributed by atoms with E-state index in [1.807, 2.05) is 30.3 Å². The number of aromatic nitrogens is 1. The second kappa shape index (κ2) is 5.89. The molecule has 0 aliphatic heterocycles. The Morgan fingerprint density at radius 1 is 1.00 bits per heavy atom. The molecule has 4 heteroatoms. The summed E-state index contributed by atoms with van der Waals surface area (Å²) >= 11 is 0.